The van der Waals surface area contributed by atoms with Gasteiger partial charge in [0.1, 0.15) is 11.2 Å². The van der Waals surface area contributed by atoms with Crippen LogP contribution in [0.3, 0.4) is 0 Å². The van der Waals surface area contributed by atoms with Gasteiger partial charge in [-0.1, -0.05) is 31.6 Å². The zero-order chi connectivity index (χ0) is 12.4. The molecule has 0 aromatic rings. The molecule has 0 radical (unpaired) electrons. The van der Waals surface area contributed by atoms with Crippen LogP contribution in [0.5, 0.6) is 0 Å². The van der Waals surface area contributed by atoms with Gasteiger partial charge >= 0.3 is 0 Å². The van der Waals surface area contributed by atoms with Gasteiger partial charge in [-0.3, -0.25) is 0 Å². The van der Waals surface area contributed by atoms with Crippen molar-refractivity contribution < 1.29 is 10.2 Å². The molecule has 2 saturated carbocycles. The van der Waals surface area contributed by atoms with E-state index < -0.39 is 11.2 Å². The van der Waals surface area contributed by atoms with Crippen LogP contribution in [0.25, 0.3) is 0 Å². The standard InChI is InChI=1S/C15H24O2/c1-13-7-3-6-10-15(13,17)12-11-14(16)8-4-2-5-9-14/h13,16-17H,2-10H2,1H3. The molecule has 0 saturated heterocycles. The lowest BCUT2D eigenvalue weighted by Gasteiger charge is -2.34. The van der Waals surface area contributed by atoms with Crippen LogP contribution in [-0.2, 0) is 0 Å². The van der Waals surface area contributed by atoms with E-state index in [0.29, 0.717) is 0 Å². The van der Waals surface area contributed by atoms with Gasteiger partial charge in [0.15, 0.2) is 0 Å². The van der Waals surface area contributed by atoms with Crippen molar-refractivity contribution in [2.45, 2.75) is 75.9 Å². The van der Waals surface area contributed by atoms with Crippen molar-refractivity contribution in [3.8, 4) is 11.8 Å². The highest BCUT2D eigenvalue weighted by Crippen LogP contribution is 2.34. The molecular weight excluding hydrogens is 212 g/mol. The van der Waals surface area contributed by atoms with Gasteiger partial charge in [0.05, 0.1) is 0 Å². The van der Waals surface area contributed by atoms with E-state index in [-0.39, 0.29) is 5.92 Å². The van der Waals surface area contributed by atoms with Gasteiger partial charge in [-0.05, 0) is 50.9 Å². The molecule has 17 heavy (non-hydrogen) atoms. The molecular formula is C15H24O2. The van der Waals surface area contributed by atoms with Gasteiger partial charge in [-0.25, -0.2) is 0 Å². The average Bonchev–Trinajstić information content (AvgIpc) is 2.32. The van der Waals surface area contributed by atoms with Crippen molar-refractivity contribution in [2.24, 2.45) is 5.92 Å². The summed E-state index contributed by atoms with van der Waals surface area (Å²) in [5, 5.41) is 20.8. The van der Waals surface area contributed by atoms with Crippen molar-refractivity contribution in [2.75, 3.05) is 0 Å². The first kappa shape index (κ1) is 12.9. The first-order valence-corrected chi connectivity index (χ1v) is 7.03. The third kappa shape index (κ3) is 3.03. The Balaban J connectivity index is 2.08. The molecule has 2 rings (SSSR count). The monoisotopic (exact) mass is 236 g/mol. The van der Waals surface area contributed by atoms with E-state index in [9.17, 15) is 10.2 Å². The molecule has 0 bridgehead atoms. The lowest BCUT2D eigenvalue weighted by molar-refractivity contribution is 0.0104. The van der Waals surface area contributed by atoms with Gasteiger partial charge in [-0.15, -0.1) is 0 Å². The molecule has 0 aliphatic heterocycles. The van der Waals surface area contributed by atoms with Crippen LogP contribution < -0.4 is 0 Å². The minimum Gasteiger partial charge on any atom is -0.378 e. The summed E-state index contributed by atoms with van der Waals surface area (Å²) in [5.41, 5.74) is -1.68. The minimum absolute atomic E-state index is 0.232. The maximum absolute atomic E-state index is 10.5. The summed E-state index contributed by atoms with van der Waals surface area (Å²) in [6.07, 6.45) is 8.89. The summed E-state index contributed by atoms with van der Waals surface area (Å²) in [7, 11) is 0. The highest BCUT2D eigenvalue weighted by atomic mass is 16.3. The van der Waals surface area contributed by atoms with Crippen LogP contribution in [0.2, 0.25) is 0 Å². The van der Waals surface area contributed by atoms with Gasteiger partial charge in [0.25, 0.3) is 0 Å². The van der Waals surface area contributed by atoms with E-state index in [2.05, 4.69) is 18.8 Å². The number of aliphatic hydroxyl groups is 2. The van der Waals surface area contributed by atoms with Gasteiger partial charge in [0, 0.05) is 0 Å². The van der Waals surface area contributed by atoms with E-state index >= 15 is 0 Å². The Hall–Kier alpha value is -0.520. The van der Waals surface area contributed by atoms with E-state index in [0.717, 1.165) is 44.9 Å². The second-order valence-corrected chi connectivity index (χ2v) is 5.91. The Bertz CT molecular complexity index is 320. The number of rotatable bonds is 0. The maximum atomic E-state index is 10.5. The summed E-state index contributed by atoms with van der Waals surface area (Å²) in [5.74, 6) is 6.24. The topological polar surface area (TPSA) is 40.5 Å². The van der Waals surface area contributed by atoms with Crippen LogP contribution in [0, 0.1) is 17.8 Å². The smallest absolute Gasteiger partial charge is 0.128 e. The molecule has 2 N–H and O–H groups in total. The summed E-state index contributed by atoms with van der Waals surface area (Å²) in [6.45, 7) is 2.07. The van der Waals surface area contributed by atoms with Crippen molar-refractivity contribution in [3.63, 3.8) is 0 Å². The van der Waals surface area contributed by atoms with E-state index in [4.69, 9.17) is 0 Å². The van der Waals surface area contributed by atoms with Gasteiger partial charge in [0.2, 0.25) is 0 Å². The Morgan fingerprint density at radius 2 is 1.53 bits per heavy atom. The Kier molecular flexibility index (Phi) is 3.80. The quantitative estimate of drug-likeness (QED) is 0.635. The van der Waals surface area contributed by atoms with Crippen molar-refractivity contribution in [1.29, 1.82) is 0 Å². The Morgan fingerprint density at radius 1 is 0.882 bits per heavy atom. The van der Waals surface area contributed by atoms with Crippen LogP contribution in [0.1, 0.15) is 64.7 Å². The van der Waals surface area contributed by atoms with Crippen LogP contribution >= 0.6 is 0 Å². The second-order valence-electron chi connectivity index (χ2n) is 5.91. The average molecular weight is 236 g/mol. The molecule has 0 aromatic heterocycles. The number of hydrogen-bond donors (Lipinski definition) is 2. The molecule has 0 amide bonds. The maximum Gasteiger partial charge on any atom is 0.128 e. The Labute approximate surface area is 104 Å². The van der Waals surface area contributed by atoms with Crippen LogP contribution in [0.4, 0.5) is 0 Å². The molecule has 0 aromatic carbocycles. The molecule has 2 heteroatoms. The molecule has 2 atom stereocenters. The third-order valence-electron chi connectivity index (χ3n) is 4.45. The molecule has 2 aliphatic carbocycles. The first-order valence-electron chi connectivity index (χ1n) is 7.03. The summed E-state index contributed by atoms with van der Waals surface area (Å²) in [4.78, 5) is 0. The summed E-state index contributed by atoms with van der Waals surface area (Å²) in [6, 6.07) is 0. The molecule has 0 heterocycles. The van der Waals surface area contributed by atoms with Crippen molar-refractivity contribution in [1.82, 2.24) is 0 Å². The highest BCUT2D eigenvalue weighted by molar-refractivity contribution is 5.23. The van der Waals surface area contributed by atoms with Crippen molar-refractivity contribution >= 4 is 0 Å². The SMILES string of the molecule is CC1CCCCC1(O)C#CC1(O)CCCCC1. The predicted octanol–water partition coefficient (Wildman–Crippen LogP) is 2.63. The second kappa shape index (κ2) is 5.00. The fourth-order valence-corrected chi connectivity index (χ4v) is 3.00. The third-order valence-corrected chi connectivity index (χ3v) is 4.45. The lowest BCUT2D eigenvalue weighted by atomic mass is 9.76. The van der Waals surface area contributed by atoms with Gasteiger partial charge < -0.3 is 10.2 Å². The first-order chi connectivity index (χ1) is 8.04. The largest absolute Gasteiger partial charge is 0.378 e. The van der Waals surface area contributed by atoms with E-state index in [1.807, 2.05) is 0 Å². The predicted molar refractivity (Wildman–Crippen MR) is 68.4 cm³/mol. The normalized spacial score (nSPS) is 37.0. The molecule has 96 valence electrons. The van der Waals surface area contributed by atoms with E-state index in [1.165, 1.54) is 12.8 Å². The summed E-state index contributed by atoms with van der Waals surface area (Å²) >= 11 is 0. The fourth-order valence-electron chi connectivity index (χ4n) is 3.00. The van der Waals surface area contributed by atoms with Gasteiger partial charge in [-0.2, -0.15) is 0 Å². The fraction of sp³-hybridized carbons (Fsp3) is 0.867. The van der Waals surface area contributed by atoms with Crippen LogP contribution in [-0.4, -0.2) is 21.4 Å². The number of hydrogen-bond acceptors (Lipinski definition) is 2. The zero-order valence-corrected chi connectivity index (χ0v) is 10.8. The van der Waals surface area contributed by atoms with E-state index in [1.54, 1.807) is 0 Å². The van der Waals surface area contributed by atoms with Crippen LogP contribution in [0.15, 0.2) is 0 Å². The molecule has 2 nitrogen and oxygen atoms in total. The molecule has 2 fully saturated rings. The molecule has 2 aliphatic rings. The zero-order valence-electron chi connectivity index (χ0n) is 10.8. The summed E-state index contributed by atoms with van der Waals surface area (Å²) < 4.78 is 0. The minimum atomic E-state index is -0.856. The molecule has 0 spiro atoms. The Morgan fingerprint density at radius 3 is 2.18 bits per heavy atom. The lowest BCUT2D eigenvalue weighted by Crippen LogP contribution is -2.39. The molecule has 2 unspecified atom stereocenters. The highest BCUT2D eigenvalue weighted by Gasteiger charge is 2.35. The van der Waals surface area contributed by atoms with Crippen molar-refractivity contribution in [3.05, 3.63) is 0 Å².